The van der Waals surface area contributed by atoms with E-state index in [1.165, 1.54) is 0 Å². The van der Waals surface area contributed by atoms with Crippen LogP contribution in [0, 0.1) is 0 Å². The molecule has 9 heteroatoms. The Labute approximate surface area is 109 Å². The zero-order valence-electron chi connectivity index (χ0n) is 10.3. The van der Waals surface area contributed by atoms with Gasteiger partial charge in [0.25, 0.3) is 0 Å². The molecule has 2 atom stereocenters. The van der Waals surface area contributed by atoms with Gasteiger partial charge in [0.15, 0.2) is 5.96 Å². The second kappa shape index (κ2) is 6.57. The van der Waals surface area contributed by atoms with Crippen molar-refractivity contribution in [1.82, 2.24) is 10.6 Å². The van der Waals surface area contributed by atoms with Crippen LogP contribution >= 0.6 is 0 Å². The van der Waals surface area contributed by atoms with Gasteiger partial charge < -0.3 is 27.2 Å². The van der Waals surface area contributed by atoms with Crippen LogP contribution in [0.25, 0.3) is 0 Å². The Morgan fingerprint density at radius 2 is 1.79 bits per heavy atom. The van der Waals surface area contributed by atoms with Crippen molar-refractivity contribution < 1.29 is 19.5 Å². The number of aliphatic imine (C=N–C) groups is 1. The molecule has 106 valence electrons. The Morgan fingerprint density at radius 1 is 1.21 bits per heavy atom. The summed E-state index contributed by atoms with van der Waals surface area (Å²) in [5.41, 5.74) is 10.3. The minimum Gasteiger partial charge on any atom is -0.481 e. The van der Waals surface area contributed by atoms with Crippen molar-refractivity contribution >= 4 is 23.7 Å². The lowest BCUT2D eigenvalue weighted by molar-refractivity contribution is -0.143. The second-order valence-corrected chi connectivity index (χ2v) is 4.17. The third-order valence-corrected chi connectivity index (χ3v) is 2.59. The fourth-order valence-electron chi connectivity index (χ4n) is 1.70. The quantitative estimate of drug-likeness (QED) is 0.204. The van der Waals surface area contributed by atoms with Gasteiger partial charge in [0, 0.05) is 6.54 Å². The summed E-state index contributed by atoms with van der Waals surface area (Å²) in [6.45, 7) is 0.362. The number of hydrogen-bond acceptors (Lipinski definition) is 4. The van der Waals surface area contributed by atoms with E-state index in [2.05, 4.69) is 15.6 Å². The number of carboxylic acid groups (broad SMARTS) is 1. The monoisotopic (exact) mass is 271 g/mol. The van der Waals surface area contributed by atoms with Gasteiger partial charge in [-0.1, -0.05) is 0 Å². The van der Waals surface area contributed by atoms with Crippen LogP contribution in [0.4, 0.5) is 0 Å². The molecular formula is C10H17N5O4. The molecule has 1 saturated heterocycles. The summed E-state index contributed by atoms with van der Waals surface area (Å²) in [5.74, 6) is -2.06. The number of carboxylic acids is 1. The Bertz CT molecular complexity index is 405. The van der Waals surface area contributed by atoms with E-state index >= 15 is 0 Å². The zero-order valence-corrected chi connectivity index (χ0v) is 10.3. The molecule has 0 aromatic carbocycles. The van der Waals surface area contributed by atoms with E-state index in [1.54, 1.807) is 0 Å². The van der Waals surface area contributed by atoms with Crippen LogP contribution in [-0.2, 0) is 14.4 Å². The third-order valence-electron chi connectivity index (χ3n) is 2.59. The summed E-state index contributed by atoms with van der Waals surface area (Å²) >= 11 is 0. The van der Waals surface area contributed by atoms with Crippen LogP contribution in [0.1, 0.15) is 19.3 Å². The smallest absolute Gasteiger partial charge is 0.305 e. The molecule has 0 aromatic heterocycles. The molecule has 1 fully saturated rings. The molecule has 0 aromatic rings. The van der Waals surface area contributed by atoms with Crippen molar-refractivity contribution in [2.75, 3.05) is 6.54 Å². The molecule has 1 rings (SSSR count). The summed E-state index contributed by atoms with van der Waals surface area (Å²) in [6.07, 6.45) is 0.478. The van der Waals surface area contributed by atoms with E-state index in [-0.39, 0.29) is 5.96 Å². The number of carbonyl (C=O) groups is 3. The molecule has 19 heavy (non-hydrogen) atoms. The molecule has 2 amide bonds. The Kier molecular flexibility index (Phi) is 5.10. The average molecular weight is 271 g/mol. The Morgan fingerprint density at radius 3 is 2.37 bits per heavy atom. The molecule has 1 aliphatic rings. The van der Waals surface area contributed by atoms with Crippen molar-refractivity contribution in [1.29, 1.82) is 0 Å². The number of amides is 2. The first-order valence-electron chi connectivity index (χ1n) is 5.78. The lowest BCUT2D eigenvalue weighted by Gasteiger charge is -2.28. The number of hydrogen-bond donors (Lipinski definition) is 5. The third kappa shape index (κ3) is 4.82. The predicted octanol–water partition coefficient (Wildman–Crippen LogP) is -2.50. The molecule has 7 N–H and O–H groups in total. The molecule has 0 aliphatic carbocycles. The van der Waals surface area contributed by atoms with Gasteiger partial charge in [0.1, 0.15) is 12.1 Å². The van der Waals surface area contributed by atoms with Gasteiger partial charge in [-0.2, -0.15) is 0 Å². The lowest BCUT2D eigenvalue weighted by Crippen LogP contribution is -2.62. The maximum Gasteiger partial charge on any atom is 0.305 e. The van der Waals surface area contributed by atoms with Gasteiger partial charge >= 0.3 is 5.97 Å². The summed E-state index contributed by atoms with van der Waals surface area (Å²) in [7, 11) is 0. The first-order valence-corrected chi connectivity index (χ1v) is 5.78. The highest BCUT2D eigenvalue weighted by Gasteiger charge is 2.34. The van der Waals surface area contributed by atoms with Crippen LogP contribution in [-0.4, -0.2) is 47.5 Å². The molecule has 0 spiro atoms. The fourth-order valence-corrected chi connectivity index (χ4v) is 1.70. The van der Waals surface area contributed by atoms with Crippen LogP contribution in [0.2, 0.25) is 0 Å². The van der Waals surface area contributed by atoms with Crippen molar-refractivity contribution in [3.8, 4) is 0 Å². The minimum absolute atomic E-state index is 0.0290. The van der Waals surface area contributed by atoms with Crippen LogP contribution in [0.3, 0.4) is 0 Å². The molecule has 1 unspecified atom stereocenters. The first kappa shape index (κ1) is 14.7. The highest BCUT2D eigenvalue weighted by atomic mass is 16.4. The minimum atomic E-state index is -1.15. The summed E-state index contributed by atoms with van der Waals surface area (Å²) in [6, 6.07) is -1.69. The zero-order chi connectivity index (χ0) is 14.4. The van der Waals surface area contributed by atoms with E-state index in [0.29, 0.717) is 19.4 Å². The predicted molar refractivity (Wildman–Crippen MR) is 66.0 cm³/mol. The summed E-state index contributed by atoms with van der Waals surface area (Å²) in [4.78, 5) is 37.5. The van der Waals surface area contributed by atoms with Crippen molar-refractivity contribution in [3.63, 3.8) is 0 Å². The maximum absolute atomic E-state index is 11.7. The molecule has 1 aliphatic heterocycles. The Hall–Kier alpha value is -2.32. The topological polar surface area (TPSA) is 160 Å². The highest BCUT2D eigenvalue weighted by Crippen LogP contribution is 2.06. The van der Waals surface area contributed by atoms with Crippen molar-refractivity contribution in [2.24, 2.45) is 16.5 Å². The number of rotatable bonds is 6. The van der Waals surface area contributed by atoms with Crippen LogP contribution < -0.4 is 22.1 Å². The Balaban J connectivity index is 2.43. The number of aliphatic carboxylic acids is 1. The maximum atomic E-state index is 11.7. The number of nitrogens with two attached hydrogens (primary N) is 2. The highest BCUT2D eigenvalue weighted by molar-refractivity contribution is 5.98. The molecule has 9 nitrogen and oxygen atoms in total. The van der Waals surface area contributed by atoms with Crippen molar-refractivity contribution in [3.05, 3.63) is 0 Å². The van der Waals surface area contributed by atoms with Gasteiger partial charge in [-0.25, -0.2) is 0 Å². The molecule has 0 bridgehead atoms. The van der Waals surface area contributed by atoms with E-state index in [9.17, 15) is 14.4 Å². The van der Waals surface area contributed by atoms with Crippen molar-refractivity contribution in [2.45, 2.75) is 31.3 Å². The van der Waals surface area contributed by atoms with E-state index in [1.807, 2.05) is 0 Å². The number of piperazine rings is 1. The number of nitrogens with zero attached hydrogens (tertiary/aromatic N) is 1. The average Bonchev–Trinajstić information content (AvgIpc) is 2.29. The second-order valence-electron chi connectivity index (χ2n) is 4.17. The van der Waals surface area contributed by atoms with E-state index in [0.717, 1.165) is 0 Å². The van der Waals surface area contributed by atoms with E-state index in [4.69, 9.17) is 16.6 Å². The number of guanidine groups is 1. The van der Waals surface area contributed by atoms with Gasteiger partial charge in [-0.05, 0) is 12.8 Å². The SMILES string of the molecule is NC(N)=NCCC[C@@H]1NC(=O)C(CC(=O)O)NC1=O. The number of nitrogens with one attached hydrogen (secondary N) is 2. The lowest BCUT2D eigenvalue weighted by atomic mass is 10.0. The normalized spacial score (nSPS) is 22.3. The standard InChI is InChI=1S/C10H17N5O4/c11-10(12)13-3-1-2-5-8(18)15-6(4-7(16)17)9(19)14-5/h5-6H,1-4H2,(H,14,19)(H,15,18)(H,16,17)(H4,11,12,13)/t5-,6?/m0/s1. The fraction of sp³-hybridized carbons (Fsp3) is 0.600. The molecule has 1 heterocycles. The summed E-state index contributed by atoms with van der Waals surface area (Å²) < 4.78 is 0. The van der Waals surface area contributed by atoms with Gasteiger partial charge in [-0.15, -0.1) is 0 Å². The largest absolute Gasteiger partial charge is 0.481 e. The molecule has 0 saturated carbocycles. The molecular weight excluding hydrogens is 254 g/mol. The van der Waals surface area contributed by atoms with Crippen LogP contribution in [0.5, 0.6) is 0 Å². The molecule has 0 radical (unpaired) electrons. The summed E-state index contributed by atoms with van der Waals surface area (Å²) in [5, 5.41) is 13.5. The number of carbonyl (C=O) groups excluding carboxylic acids is 2. The van der Waals surface area contributed by atoms with Crippen LogP contribution in [0.15, 0.2) is 4.99 Å². The van der Waals surface area contributed by atoms with Gasteiger partial charge in [-0.3, -0.25) is 19.4 Å². The van der Waals surface area contributed by atoms with Gasteiger partial charge in [0.2, 0.25) is 11.8 Å². The first-order chi connectivity index (χ1) is 8.90. The van der Waals surface area contributed by atoms with E-state index < -0.39 is 36.3 Å². The van der Waals surface area contributed by atoms with Gasteiger partial charge in [0.05, 0.1) is 6.42 Å².